The molecule has 5 nitrogen and oxygen atoms in total. The van der Waals surface area contributed by atoms with Crippen LogP contribution >= 0.6 is 0 Å². The number of rotatable bonds is 3. The first kappa shape index (κ1) is 10.1. The van der Waals surface area contributed by atoms with Crippen LogP contribution in [-0.2, 0) is 4.79 Å². The first-order chi connectivity index (χ1) is 7.77. The van der Waals surface area contributed by atoms with Gasteiger partial charge in [0.2, 0.25) is 5.91 Å². The van der Waals surface area contributed by atoms with E-state index in [0.717, 1.165) is 11.3 Å². The summed E-state index contributed by atoms with van der Waals surface area (Å²) in [4.78, 5) is 15.2. The van der Waals surface area contributed by atoms with Crippen LogP contribution in [0.15, 0.2) is 36.8 Å². The zero-order valence-electron chi connectivity index (χ0n) is 8.42. The number of nitrogens with zero attached hydrogens (tertiary/aromatic N) is 2. The molecule has 0 unspecified atom stereocenters. The smallest absolute Gasteiger partial charge is 0.249 e. The molecule has 0 atom stereocenters. The van der Waals surface area contributed by atoms with Gasteiger partial charge in [-0.1, -0.05) is 0 Å². The van der Waals surface area contributed by atoms with Crippen molar-refractivity contribution < 1.29 is 4.79 Å². The van der Waals surface area contributed by atoms with E-state index in [-0.39, 0.29) is 0 Å². The molecule has 0 fully saturated rings. The number of primary amides is 1. The molecule has 2 aromatic heterocycles. The molecule has 2 heterocycles. The van der Waals surface area contributed by atoms with E-state index in [9.17, 15) is 4.79 Å². The number of amides is 1. The Morgan fingerprint density at radius 3 is 2.56 bits per heavy atom. The van der Waals surface area contributed by atoms with Gasteiger partial charge < -0.3 is 5.73 Å². The quantitative estimate of drug-likeness (QED) is 0.742. The van der Waals surface area contributed by atoms with Crippen LogP contribution in [0.1, 0.15) is 11.3 Å². The van der Waals surface area contributed by atoms with Gasteiger partial charge in [0.1, 0.15) is 0 Å². The number of carbonyl (C=O) groups excluding carboxylic acids is 1. The predicted molar refractivity (Wildman–Crippen MR) is 59.9 cm³/mol. The highest BCUT2D eigenvalue weighted by Gasteiger charge is 2.08. The molecule has 0 radical (unpaired) electrons. The molecule has 0 aliphatic carbocycles. The van der Waals surface area contributed by atoms with Crippen molar-refractivity contribution in [3.05, 3.63) is 48.0 Å². The molecule has 0 aromatic carbocycles. The maximum Gasteiger partial charge on any atom is 0.249 e. The molecule has 3 N–H and O–H groups in total. The lowest BCUT2D eigenvalue weighted by Gasteiger charge is -2.01. The lowest BCUT2D eigenvalue weighted by molar-refractivity contribution is -0.112. The van der Waals surface area contributed by atoms with E-state index in [0.29, 0.717) is 5.57 Å². The minimum atomic E-state index is -0.485. The summed E-state index contributed by atoms with van der Waals surface area (Å²) < 4.78 is 0. The van der Waals surface area contributed by atoms with Crippen LogP contribution in [0, 0.1) is 0 Å². The molecule has 0 aliphatic heterocycles. The third-order valence-corrected chi connectivity index (χ3v) is 2.08. The van der Waals surface area contributed by atoms with Gasteiger partial charge in [0.05, 0.1) is 5.69 Å². The second-order valence-corrected chi connectivity index (χ2v) is 3.17. The molecule has 2 rings (SSSR count). The van der Waals surface area contributed by atoms with E-state index in [1.165, 1.54) is 0 Å². The van der Waals surface area contributed by atoms with Crippen LogP contribution < -0.4 is 5.73 Å². The van der Waals surface area contributed by atoms with Crippen molar-refractivity contribution in [1.29, 1.82) is 0 Å². The molecule has 0 bridgehead atoms. The summed E-state index contributed by atoms with van der Waals surface area (Å²) in [6.45, 7) is 0. The van der Waals surface area contributed by atoms with Crippen molar-refractivity contribution in [3.63, 3.8) is 0 Å². The molecule has 2 aromatic rings. The molecule has 0 spiro atoms. The van der Waals surface area contributed by atoms with E-state index in [1.807, 2.05) is 0 Å². The van der Waals surface area contributed by atoms with Crippen molar-refractivity contribution in [2.24, 2.45) is 5.73 Å². The number of carbonyl (C=O) groups is 1. The van der Waals surface area contributed by atoms with Crippen LogP contribution in [-0.4, -0.2) is 21.1 Å². The van der Waals surface area contributed by atoms with Gasteiger partial charge in [-0.2, -0.15) is 5.10 Å². The molecule has 5 heteroatoms. The Balaban J connectivity index is 2.43. The van der Waals surface area contributed by atoms with Crippen LogP contribution in [0.5, 0.6) is 0 Å². The maximum atomic E-state index is 11.3. The van der Waals surface area contributed by atoms with E-state index in [4.69, 9.17) is 5.73 Å². The maximum absolute atomic E-state index is 11.3. The van der Waals surface area contributed by atoms with Gasteiger partial charge in [-0.3, -0.25) is 14.9 Å². The molecule has 80 valence electrons. The Bertz CT molecular complexity index is 502. The first-order valence-electron chi connectivity index (χ1n) is 4.68. The standard InChI is InChI=1S/C11H10N4O/c12-11(16)10(7-9-3-6-14-15-9)8-1-4-13-5-2-8/h1-7H,(H2,12,16)(H,14,15). The van der Waals surface area contributed by atoms with Crippen molar-refractivity contribution >= 4 is 17.6 Å². The summed E-state index contributed by atoms with van der Waals surface area (Å²) in [6.07, 6.45) is 6.49. The topological polar surface area (TPSA) is 84.7 Å². The van der Waals surface area contributed by atoms with E-state index in [1.54, 1.807) is 42.9 Å². The predicted octanol–water partition coefficient (Wildman–Crippen LogP) is 0.831. The molecule has 0 aliphatic rings. The Labute approximate surface area is 92.0 Å². The fourth-order valence-electron chi connectivity index (χ4n) is 1.33. The first-order valence-corrected chi connectivity index (χ1v) is 4.68. The number of aromatic nitrogens is 3. The number of nitrogens with two attached hydrogens (primary N) is 1. The number of nitrogens with one attached hydrogen (secondary N) is 1. The second-order valence-electron chi connectivity index (χ2n) is 3.17. The van der Waals surface area contributed by atoms with Gasteiger partial charge in [0.15, 0.2) is 0 Å². The average Bonchev–Trinajstić information content (AvgIpc) is 2.79. The Morgan fingerprint density at radius 2 is 2.00 bits per heavy atom. The van der Waals surface area contributed by atoms with E-state index < -0.39 is 5.91 Å². The summed E-state index contributed by atoms with van der Waals surface area (Å²) in [5, 5.41) is 6.54. The van der Waals surface area contributed by atoms with Gasteiger partial charge in [-0.05, 0) is 29.8 Å². The summed E-state index contributed by atoms with van der Waals surface area (Å²) in [5.41, 5.74) is 7.21. The van der Waals surface area contributed by atoms with Crippen molar-refractivity contribution in [3.8, 4) is 0 Å². The SMILES string of the molecule is NC(=O)C(=Cc1ccn[nH]1)c1ccncc1. The molecular formula is C11H10N4O. The normalized spacial score (nSPS) is 11.4. The fourth-order valence-corrected chi connectivity index (χ4v) is 1.33. The highest BCUT2D eigenvalue weighted by Crippen LogP contribution is 2.15. The monoisotopic (exact) mass is 214 g/mol. The van der Waals surface area contributed by atoms with Gasteiger partial charge in [-0.25, -0.2) is 0 Å². The molecule has 16 heavy (non-hydrogen) atoms. The zero-order valence-corrected chi connectivity index (χ0v) is 8.42. The van der Waals surface area contributed by atoms with Crippen LogP contribution in [0.3, 0.4) is 0 Å². The Hall–Kier alpha value is -2.43. The number of hydrogen-bond acceptors (Lipinski definition) is 3. The van der Waals surface area contributed by atoms with Crippen LogP contribution in [0.25, 0.3) is 11.6 Å². The van der Waals surface area contributed by atoms with Gasteiger partial charge in [0, 0.05) is 24.2 Å². The summed E-state index contributed by atoms with van der Waals surface area (Å²) in [6, 6.07) is 5.21. The third-order valence-electron chi connectivity index (χ3n) is 2.08. The number of aromatic amines is 1. The van der Waals surface area contributed by atoms with Gasteiger partial charge in [0.25, 0.3) is 0 Å². The Kier molecular flexibility index (Phi) is 2.77. The van der Waals surface area contributed by atoms with Gasteiger partial charge in [-0.15, -0.1) is 0 Å². The third kappa shape index (κ3) is 2.14. The average molecular weight is 214 g/mol. The largest absolute Gasteiger partial charge is 0.366 e. The highest BCUT2D eigenvalue weighted by atomic mass is 16.1. The minimum Gasteiger partial charge on any atom is -0.366 e. The summed E-state index contributed by atoms with van der Waals surface area (Å²) in [7, 11) is 0. The summed E-state index contributed by atoms with van der Waals surface area (Å²) in [5.74, 6) is -0.485. The van der Waals surface area contributed by atoms with Crippen molar-refractivity contribution in [2.75, 3.05) is 0 Å². The van der Waals surface area contributed by atoms with Crippen molar-refractivity contribution in [1.82, 2.24) is 15.2 Å². The Morgan fingerprint density at radius 1 is 1.25 bits per heavy atom. The molecule has 0 saturated heterocycles. The number of H-pyrrole nitrogens is 1. The van der Waals surface area contributed by atoms with Gasteiger partial charge >= 0.3 is 0 Å². The second kappa shape index (κ2) is 4.39. The minimum absolute atomic E-state index is 0.423. The zero-order chi connectivity index (χ0) is 11.4. The summed E-state index contributed by atoms with van der Waals surface area (Å²) >= 11 is 0. The molecular weight excluding hydrogens is 204 g/mol. The lowest BCUT2D eigenvalue weighted by atomic mass is 10.1. The van der Waals surface area contributed by atoms with Crippen LogP contribution in [0.2, 0.25) is 0 Å². The van der Waals surface area contributed by atoms with Crippen molar-refractivity contribution in [2.45, 2.75) is 0 Å². The molecule has 1 amide bonds. The number of pyridine rings is 1. The van der Waals surface area contributed by atoms with E-state index in [2.05, 4.69) is 15.2 Å². The highest BCUT2D eigenvalue weighted by molar-refractivity contribution is 6.23. The van der Waals surface area contributed by atoms with Crippen LogP contribution in [0.4, 0.5) is 0 Å². The lowest BCUT2D eigenvalue weighted by Crippen LogP contribution is -2.12. The van der Waals surface area contributed by atoms with E-state index >= 15 is 0 Å². The molecule has 0 saturated carbocycles. The number of hydrogen-bond donors (Lipinski definition) is 2. The fraction of sp³-hybridized carbons (Fsp3) is 0.